The molecule has 0 aliphatic heterocycles. The van der Waals surface area contributed by atoms with Gasteiger partial charge in [0.1, 0.15) is 0 Å². The molecule has 0 saturated heterocycles. The Morgan fingerprint density at radius 2 is 1.83 bits per heavy atom. The van der Waals surface area contributed by atoms with Crippen LogP contribution in [0.15, 0.2) is 0 Å². The summed E-state index contributed by atoms with van der Waals surface area (Å²) in [6, 6.07) is 0. The Bertz CT molecular complexity index is 17.9. The van der Waals surface area contributed by atoms with Gasteiger partial charge >= 0.3 is 31.1 Å². The fourth-order valence-corrected chi connectivity index (χ4v) is 0. The van der Waals surface area contributed by atoms with E-state index in [1.54, 1.807) is 0 Å². The summed E-state index contributed by atoms with van der Waals surface area (Å²) < 4.78 is 0. The maximum atomic E-state index is 3.69. The van der Waals surface area contributed by atoms with Crippen LogP contribution in [0, 0.1) is 50.9 Å². The summed E-state index contributed by atoms with van der Waals surface area (Å²) in [5.41, 5.74) is 0. The van der Waals surface area contributed by atoms with Crippen molar-refractivity contribution in [3.8, 4) is 0 Å². The van der Waals surface area contributed by atoms with Gasteiger partial charge in [-0.15, -0.1) is 0 Å². The van der Waals surface area contributed by atoms with E-state index >= 15 is 0 Å². The van der Waals surface area contributed by atoms with Gasteiger partial charge in [-0.05, 0) is 0 Å². The molecule has 0 rings (SSSR count). The number of hydrogen-bond acceptors (Lipinski definition) is 0. The fourth-order valence-electron chi connectivity index (χ4n) is 0. The second kappa shape index (κ2) is 6.05. The van der Waals surface area contributed by atoms with Gasteiger partial charge in [0, 0.05) is 0 Å². The van der Waals surface area contributed by atoms with Gasteiger partial charge in [-0.3, -0.25) is 0 Å². The van der Waals surface area contributed by atoms with Crippen molar-refractivity contribution in [1.29, 1.82) is 0 Å². The molecular weight excluding hydrogens is 298 g/mol. The molecule has 0 radical (unpaired) electrons. The smallest absolute Gasteiger partial charge is 0.345 e. The van der Waals surface area contributed by atoms with Crippen molar-refractivity contribution in [2.45, 2.75) is 13.3 Å². The predicted molar refractivity (Wildman–Crippen MR) is 24.5 cm³/mol. The summed E-state index contributed by atoms with van der Waals surface area (Å²) in [5.74, 6) is 0.523. The van der Waals surface area contributed by atoms with E-state index in [9.17, 15) is 0 Å². The van der Waals surface area contributed by atoms with Crippen LogP contribution in [0.5, 0.6) is 0 Å². The normalized spacial score (nSPS) is 12.5. The monoisotopic (exact) mass is 308 g/mol. The second-order valence-corrected chi connectivity index (χ2v) is 1.39. The molecule has 0 aromatic rings. The van der Waals surface area contributed by atoms with E-state index in [1.807, 2.05) is 6.92 Å². The molecule has 0 spiro atoms. The van der Waals surface area contributed by atoms with Crippen molar-refractivity contribution in [3.63, 3.8) is 0 Å². The van der Waals surface area contributed by atoms with Crippen molar-refractivity contribution in [2.24, 2.45) is 5.92 Å². The van der Waals surface area contributed by atoms with Crippen LogP contribution in [0.2, 0.25) is 0 Å². The van der Waals surface area contributed by atoms with Crippen LogP contribution in [0.4, 0.5) is 0 Å². The summed E-state index contributed by atoms with van der Waals surface area (Å²) in [7, 11) is 0. The SMILES string of the molecule is [CH2-]CC([CH2-])C.[U+2]. The molecule has 0 fully saturated rings. The van der Waals surface area contributed by atoms with Crippen LogP contribution in [0.3, 0.4) is 0 Å². The van der Waals surface area contributed by atoms with E-state index in [4.69, 9.17) is 0 Å². The van der Waals surface area contributed by atoms with Crippen molar-refractivity contribution >= 4 is 0 Å². The molecule has 1 unspecified atom stereocenters. The van der Waals surface area contributed by atoms with Gasteiger partial charge in [0.05, 0.1) is 0 Å². The zero-order chi connectivity index (χ0) is 4.28. The maximum Gasteiger partial charge on any atom is 2.00 e. The molecule has 1 heteroatoms. The van der Waals surface area contributed by atoms with Crippen molar-refractivity contribution in [1.82, 2.24) is 0 Å². The van der Waals surface area contributed by atoms with E-state index in [-0.39, 0.29) is 31.1 Å². The molecule has 0 amide bonds. The van der Waals surface area contributed by atoms with Gasteiger partial charge < -0.3 is 13.8 Å². The minimum absolute atomic E-state index is 0. The average molecular weight is 308 g/mol. The van der Waals surface area contributed by atoms with Crippen LogP contribution >= 0.6 is 0 Å². The molecule has 0 aromatic heterocycles. The molecule has 0 N–H and O–H groups in total. The summed E-state index contributed by atoms with van der Waals surface area (Å²) in [4.78, 5) is 0. The predicted octanol–water partition coefficient (Wildman–Crippen LogP) is 1.68. The minimum atomic E-state index is 0. The quantitative estimate of drug-likeness (QED) is 0.647. The zero-order valence-corrected chi connectivity index (χ0v) is 8.36. The maximum absolute atomic E-state index is 3.69. The molecule has 0 bridgehead atoms. The molecule has 6 heavy (non-hydrogen) atoms. The van der Waals surface area contributed by atoms with Gasteiger partial charge in [-0.25, -0.2) is 12.3 Å². The van der Waals surface area contributed by atoms with Gasteiger partial charge in [-0.1, -0.05) is 6.92 Å². The van der Waals surface area contributed by atoms with Gasteiger partial charge in [0.25, 0.3) is 0 Å². The van der Waals surface area contributed by atoms with E-state index in [0.717, 1.165) is 6.42 Å². The molecule has 34 valence electrons. The van der Waals surface area contributed by atoms with E-state index in [1.165, 1.54) is 0 Å². The Hall–Kier alpha value is 1.05. The summed E-state index contributed by atoms with van der Waals surface area (Å²) in [5, 5.41) is 0. The number of rotatable bonds is 1. The molecule has 0 aliphatic rings. The largest absolute Gasteiger partial charge is 2.00 e. The van der Waals surface area contributed by atoms with Crippen LogP contribution in [-0.4, -0.2) is 0 Å². The molecular formula is C5H10U. The minimum Gasteiger partial charge on any atom is -0.345 e. The van der Waals surface area contributed by atoms with Crippen LogP contribution in [-0.2, 0) is 0 Å². The Kier molecular flexibility index (Phi) is 10.2. The average Bonchev–Trinajstić information content (AvgIpc) is 1.38. The van der Waals surface area contributed by atoms with Gasteiger partial charge in [0.2, 0.25) is 0 Å². The Morgan fingerprint density at radius 3 is 1.83 bits per heavy atom. The topological polar surface area (TPSA) is 0 Å². The fraction of sp³-hybridized carbons (Fsp3) is 0.600. The molecule has 0 aromatic carbocycles. The summed E-state index contributed by atoms with van der Waals surface area (Å²) >= 11 is 0. The van der Waals surface area contributed by atoms with Crippen molar-refractivity contribution in [2.75, 3.05) is 0 Å². The third-order valence-corrected chi connectivity index (χ3v) is 0.493. The first-order valence-corrected chi connectivity index (χ1v) is 1.89. The Balaban J connectivity index is 0. The van der Waals surface area contributed by atoms with E-state index < -0.39 is 0 Å². The Labute approximate surface area is 64.1 Å². The third-order valence-electron chi connectivity index (χ3n) is 0.493. The van der Waals surface area contributed by atoms with Crippen LogP contribution < -0.4 is 0 Å². The third kappa shape index (κ3) is 8.90. The van der Waals surface area contributed by atoms with E-state index in [2.05, 4.69) is 13.8 Å². The second-order valence-electron chi connectivity index (χ2n) is 1.39. The van der Waals surface area contributed by atoms with Crippen LogP contribution in [0.1, 0.15) is 13.3 Å². The van der Waals surface area contributed by atoms with Gasteiger partial charge in [0.15, 0.2) is 0 Å². The number of hydrogen-bond donors (Lipinski definition) is 0. The van der Waals surface area contributed by atoms with Crippen molar-refractivity contribution in [3.05, 3.63) is 13.8 Å². The Morgan fingerprint density at radius 1 is 1.67 bits per heavy atom. The first-order chi connectivity index (χ1) is 2.27. The van der Waals surface area contributed by atoms with E-state index in [0.29, 0.717) is 5.92 Å². The summed E-state index contributed by atoms with van der Waals surface area (Å²) in [6.07, 6.45) is 0.944. The molecule has 0 saturated carbocycles. The molecule has 0 aliphatic carbocycles. The molecule has 1 atom stereocenters. The van der Waals surface area contributed by atoms with Gasteiger partial charge in [-0.2, -0.15) is 0 Å². The molecule has 0 heterocycles. The first-order valence-electron chi connectivity index (χ1n) is 1.89. The molecule has 0 nitrogen and oxygen atoms in total. The van der Waals surface area contributed by atoms with Crippen LogP contribution in [0.25, 0.3) is 0 Å². The summed E-state index contributed by atoms with van der Waals surface area (Å²) in [6.45, 7) is 9.37. The zero-order valence-electron chi connectivity index (χ0n) is 4.20. The van der Waals surface area contributed by atoms with Crippen molar-refractivity contribution < 1.29 is 31.1 Å². The standard InChI is InChI=1S/C5H10.U/c1-4-5(2)3;/h5H,1-2,4H2,3H3;/q-2;+2. The first kappa shape index (κ1) is 10.1.